The molecule has 9 nitrogen and oxygen atoms in total. The predicted octanol–water partition coefficient (Wildman–Crippen LogP) is -1.23. The van der Waals surface area contributed by atoms with Crippen molar-refractivity contribution in [3.63, 3.8) is 0 Å². The molecule has 0 unspecified atom stereocenters. The molecule has 14 heavy (non-hydrogen) atoms. The van der Waals surface area contributed by atoms with Crippen LogP contribution in [0.5, 0.6) is 0 Å². The van der Waals surface area contributed by atoms with Crippen molar-refractivity contribution in [2.45, 2.75) is 0 Å². The molecule has 0 radical (unpaired) electrons. The van der Waals surface area contributed by atoms with E-state index < -0.39 is 34.6 Å². The van der Waals surface area contributed by atoms with E-state index in [2.05, 4.69) is 9.05 Å². The highest BCUT2D eigenvalue weighted by Crippen LogP contribution is 2.37. The number of hydrogen-bond acceptors (Lipinski definition) is 5. The Morgan fingerprint density at radius 3 is 1.43 bits per heavy atom. The fraction of sp³-hybridized carbons (Fsp3) is 0.667. The van der Waals surface area contributed by atoms with Crippen molar-refractivity contribution in [3.8, 4) is 0 Å². The molecule has 84 valence electrons. The van der Waals surface area contributed by atoms with Crippen LogP contribution >= 0.6 is 15.6 Å². The molecule has 0 aliphatic heterocycles. The molecule has 0 aromatic rings. The summed E-state index contributed by atoms with van der Waals surface area (Å²) >= 11 is 0. The average Bonchev–Trinajstić information content (AvgIpc) is 1.94. The number of hydrogen-bond donors (Lipinski definition) is 4. The van der Waals surface area contributed by atoms with Crippen molar-refractivity contribution >= 4 is 21.4 Å². The standard InChI is InChI=1S/C3H8O9P2/c4-3(1-11-13(5,6)7)2-12-14(8,9)10/h1-2H2,(H2,5,6,7)(H2,8,9,10). The van der Waals surface area contributed by atoms with Crippen LogP contribution in [0.25, 0.3) is 0 Å². The summed E-state index contributed by atoms with van der Waals surface area (Å²) in [5.41, 5.74) is 0. The minimum atomic E-state index is -4.75. The van der Waals surface area contributed by atoms with Crippen molar-refractivity contribution < 1.29 is 42.5 Å². The van der Waals surface area contributed by atoms with Gasteiger partial charge < -0.3 is 19.6 Å². The quantitative estimate of drug-likeness (QED) is 0.424. The van der Waals surface area contributed by atoms with E-state index in [4.69, 9.17) is 19.6 Å². The molecule has 0 aliphatic rings. The van der Waals surface area contributed by atoms with Crippen LogP contribution in [-0.4, -0.2) is 38.6 Å². The van der Waals surface area contributed by atoms with Gasteiger partial charge in [0.2, 0.25) is 0 Å². The van der Waals surface area contributed by atoms with Crippen LogP contribution in [0.4, 0.5) is 0 Å². The van der Waals surface area contributed by atoms with Gasteiger partial charge in [0.05, 0.1) is 0 Å². The van der Waals surface area contributed by atoms with Gasteiger partial charge in [-0.2, -0.15) is 0 Å². The van der Waals surface area contributed by atoms with Crippen molar-refractivity contribution in [1.82, 2.24) is 0 Å². The third kappa shape index (κ3) is 9.97. The fourth-order valence-electron chi connectivity index (χ4n) is 0.354. The zero-order chi connectivity index (χ0) is 11.4. The van der Waals surface area contributed by atoms with Gasteiger partial charge in [-0.15, -0.1) is 0 Å². The van der Waals surface area contributed by atoms with Crippen LogP contribution in [0.1, 0.15) is 0 Å². The monoisotopic (exact) mass is 250 g/mol. The number of phosphoric acid groups is 2. The summed E-state index contributed by atoms with van der Waals surface area (Å²) in [6.07, 6.45) is 0. The van der Waals surface area contributed by atoms with E-state index >= 15 is 0 Å². The lowest BCUT2D eigenvalue weighted by Crippen LogP contribution is -2.13. The molecule has 0 aromatic heterocycles. The third-order valence-corrected chi connectivity index (χ3v) is 1.72. The molecule has 0 saturated carbocycles. The summed E-state index contributed by atoms with van der Waals surface area (Å²) in [7, 11) is -9.51. The van der Waals surface area contributed by atoms with Crippen LogP contribution in [0.15, 0.2) is 0 Å². The number of phosphoric ester groups is 2. The topological polar surface area (TPSA) is 151 Å². The molecule has 4 N–H and O–H groups in total. The van der Waals surface area contributed by atoms with Crippen LogP contribution in [-0.2, 0) is 23.0 Å². The van der Waals surface area contributed by atoms with Gasteiger partial charge in [0, 0.05) is 0 Å². The van der Waals surface area contributed by atoms with E-state index in [1.54, 1.807) is 0 Å². The highest BCUT2D eigenvalue weighted by atomic mass is 31.2. The zero-order valence-corrected chi connectivity index (χ0v) is 8.43. The molecular formula is C3H8O9P2. The second kappa shape index (κ2) is 5.11. The Morgan fingerprint density at radius 2 is 1.21 bits per heavy atom. The minimum absolute atomic E-state index is 0.982. The lowest BCUT2D eigenvalue weighted by Gasteiger charge is -2.05. The minimum Gasteiger partial charge on any atom is -0.303 e. The summed E-state index contributed by atoms with van der Waals surface area (Å²) in [6.45, 7) is -1.96. The first-order chi connectivity index (χ1) is 6.10. The Hall–Kier alpha value is -0.110. The molecule has 0 atom stereocenters. The number of Topliss-reactive ketones (excluding diaryl/α,β-unsaturated/α-hetero) is 1. The summed E-state index contributed by atoms with van der Waals surface area (Å²) in [4.78, 5) is 43.1. The largest absolute Gasteiger partial charge is 0.470 e. The average molecular weight is 250 g/mol. The Morgan fingerprint density at radius 1 is 0.929 bits per heavy atom. The summed E-state index contributed by atoms with van der Waals surface area (Å²) in [6, 6.07) is 0. The molecule has 0 saturated heterocycles. The van der Waals surface area contributed by atoms with E-state index in [9.17, 15) is 13.9 Å². The molecule has 0 spiro atoms. The lowest BCUT2D eigenvalue weighted by molar-refractivity contribution is -0.124. The van der Waals surface area contributed by atoms with Crippen molar-refractivity contribution in [2.24, 2.45) is 0 Å². The summed E-state index contributed by atoms with van der Waals surface area (Å²) in [5, 5.41) is 0. The van der Waals surface area contributed by atoms with Crippen LogP contribution < -0.4 is 0 Å². The molecule has 0 heterocycles. The third-order valence-electron chi connectivity index (χ3n) is 0.787. The van der Waals surface area contributed by atoms with Crippen molar-refractivity contribution in [1.29, 1.82) is 0 Å². The van der Waals surface area contributed by atoms with Gasteiger partial charge in [0.15, 0.2) is 5.78 Å². The fourth-order valence-corrected chi connectivity index (χ4v) is 0.978. The van der Waals surface area contributed by atoms with E-state index in [0.717, 1.165) is 0 Å². The van der Waals surface area contributed by atoms with Gasteiger partial charge in [-0.1, -0.05) is 0 Å². The summed E-state index contributed by atoms with van der Waals surface area (Å²) < 4.78 is 27.6. The highest BCUT2D eigenvalue weighted by Gasteiger charge is 2.19. The van der Waals surface area contributed by atoms with E-state index in [1.807, 2.05) is 0 Å². The smallest absolute Gasteiger partial charge is 0.303 e. The summed E-state index contributed by atoms with van der Waals surface area (Å²) in [5.74, 6) is -1.00. The molecule has 0 amide bonds. The molecule has 0 aromatic carbocycles. The van der Waals surface area contributed by atoms with Crippen LogP contribution in [0, 0.1) is 0 Å². The zero-order valence-electron chi connectivity index (χ0n) is 6.64. The van der Waals surface area contributed by atoms with Gasteiger partial charge in [-0.3, -0.25) is 13.8 Å². The van der Waals surface area contributed by atoms with Crippen molar-refractivity contribution in [3.05, 3.63) is 0 Å². The second-order valence-electron chi connectivity index (χ2n) is 2.07. The van der Waals surface area contributed by atoms with Crippen LogP contribution in [0.2, 0.25) is 0 Å². The lowest BCUT2D eigenvalue weighted by atomic mass is 10.5. The van der Waals surface area contributed by atoms with Crippen LogP contribution in [0.3, 0.4) is 0 Å². The van der Waals surface area contributed by atoms with E-state index in [1.165, 1.54) is 0 Å². The Labute approximate surface area is 78.1 Å². The second-order valence-corrected chi connectivity index (χ2v) is 4.55. The van der Waals surface area contributed by atoms with Gasteiger partial charge in [0.25, 0.3) is 0 Å². The maximum Gasteiger partial charge on any atom is 0.470 e. The number of carbonyl (C=O) groups excluding carboxylic acids is 1. The highest BCUT2D eigenvalue weighted by molar-refractivity contribution is 7.46. The first-order valence-corrected chi connectivity index (χ1v) is 6.08. The van der Waals surface area contributed by atoms with E-state index in [-0.39, 0.29) is 0 Å². The maximum absolute atomic E-state index is 10.6. The van der Waals surface area contributed by atoms with Gasteiger partial charge in [0.1, 0.15) is 13.2 Å². The Kier molecular flexibility index (Phi) is 5.07. The van der Waals surface area contributed by atoms with Gasteiger partial charge >= 0.3 is 15.6 Å². The molecular weight excluding hydrogens is 242 g/mol. The molecule has 0 aliphatic carbocycles. The Bertz CT molecular complexity index is 256. The molecule has 0 bridgehead atoms. The predicted molar refractivity (Wildman–Crippen MR) is 41.0 cm³/mol. The van der Waals surface area contributed by atoms with Gasteiger partial charge in [-0.25, -0.2) is 9.13 Å². The first kappa shape index (κ1) is 13.9. The number of rotatable bonds is 6. The van der Waals surface area contributed by atoms with Crippen molar-refractivity contribution in [2.75, 3.05) is 13.2 Å². The van der Waals surface area contributed by atoms with E-state index in [0.29, 0.717) is 0 Å². The maximum atomic E-state index is 10.6. The molecule has 11 heteroatoms. The molecule has 0 rings (SSSR count). The van der Waals surface area contributed by atoms with Gasteiger partial charge in [-0.05, 0) is 0 Å². The molecule has 0 fully saturated rings. The number of carbonyl (C=O) groups is 1. The number of ketones is 1. The Balaban J connectivity index is 3.79. The first-order valence-electron chi connectivity index (χ1n) is 3.02. The SMILES string of the molecule is O=C(COP(=O)(O)O)COP(=O)(O)O. The normalized spacial score (nSPS) is 12.9.